The summed E-state index contributed by atoms with van der Waals surface area (Å²) in [7, 11) is 3.75. The van der Waals surface area contributed by atoms with Crippen molar-refractivity contribution in [3.8, 4) is 5.75 Å². The largest absolute Gasteiger partial charge is 0.497 e. The molecule has 4 nitrogen and oxygen atoms in total. The highest BCUT2D eigenvalue weighted by atomic mass is 16.5. The number of ether oxygens (including phenoxy) is 1. The lowest BCUT2D eigenvalue weighted by molar-refractivity contribution is 0.414. The molecule has 1 aromatic rings. The van der Waals surface area contributed by atoms with Gasteiger partial charge in [-0.05, 0) is 30.5 Å². The van der Waals surface area contributed by atoms with E-state index in [1.807, 2.05) is 12.1 Å². The standard InChI is InChI=1S/C16H27N3O/c1-6-17-16(18-11-13(2)3)19(4)12-14-7-9-15(20-5)10-8-14/h7-10,13H,6,11-12H2,1-5H3,(H,17,18). The van der Waals surface area contributed by atoms with E-state index in [4.69, 9.17) is 4.74 Å². The van der Waals surface area contributed by atoms with E-state index in [-0.39, 0.29) is 0 Å². The van der Waals surface area contributed by atoms with E-state index in [0.29, 0.717) is 5.92 Å². The van der Waals surface area contributed by atoms with Gasteiger partial charge in [0.1, 0.15) is 5.75 Å². The van der Waals surface area contributed by atoms with Crippen LogP contribution in [0.4, 0.5) is 0 Å². The predicted octanol–water partition coefficient (Wildman–Crippen LogP) is 2.75. The summed E-state index contributed by atoms with van der Waals surface area (Å²) in [6.45, 7) is 8.99. The van der Waals surface area contributed by atoms with Crippen molar-refractivity contribution in [3.63, 3.8) is 0 Å². The Balaban J connectivity index is 2.68. The molecule has 0 saturated carbocycles. The summed E-state index contributed by atoms with van der Waals surface area (Å²) in [5.41, 5.74) is 1.24. The van der Waals surface area contributed by atoms with Crippen molar-refractivity contribution in [1.29, 1.82) is 0 Å². The van der Waals surface area contributed by atoms with Crippen molar-refractivity contribution in [2.24, 2.45) is 10.9 Å². The van der Waals surface area contributed by atoms with E-state index < -0.39 is 0 Å². The Morgan fingerprint density at radius 2 is 1.95 bits per heavy atom. The zero-order chi connectivity index (χ0) is 15.0. The van der Waals surface area contributed by atoms with Gasteiger partial charge in [0.15, 0.2) is 5.96 Å². The second-order valence-electron chi connectivity index (χ2n) is 5.29. The zero-order valence-corrected chi connectivity index (χ0v) is 13.3. The fraction of sp³-hybridized carbons (Fsp3) is 0.562. The van der Waals surface area contributed by atoms with Crippen LogP contribution in [0, 0.1) is 5.92 Å². The first kappa shape index (κ1) is 16.3. The number of methoxy groups -OCH3 is 1. The summed E-state index contributed by atoms with van der Waals surface area (Å²) in [5, 5.41) is 3.33. The molecule has 20 heavy (non-hydrogen) atoms. The topological polar surface area (TPSA) is 36.9 Å². The van der Waals surface area contributed by atoms with E-state index >= 15 is 0 Å². The second kappa shape index (κ2) is 8.46. The Hall–Kier alpha value is -1.71. The number of rotatable bonds is 6. The van der Waals surface area contributed by atoms with Gasteiger partial charge in [0.2, 0.25) is 0 Å². The minimum atomic E-state index is 0.568. The summed E-state index contributed by atoms with van der Waals surface area (Å²) in [4.78, 5) is 6.80. The number of nitrogens with zero attached hydrogens (tertiary/aromatic N) is 2. The number of hydrogen-bond donors (Lipinski definition) is 1. The molecule has 1 aromatic carbocycles. The third-order valence-corrected chi connectivity index (χ3v) is 2.88. The molecule has 0 spiro atoms. The molecule has 0 radical (unpaired) electrons. The molecule has 0 heterocycles. The fourth-order valence-corrected chi connectivity index (χ4v) is 1.82. The minimum absolute atomic E-state index is 0.568. The molecule has 0 fully saturated rings. The third kappa shape index (κ3) is 5.51. The Morgan fingerprint density at radius 3 is 2.45 bits per heavy atom. The normalized spacial score (nSPS) is 11.6. The maximum absolute atomic E-state index is 5.18. The lowest BCUT2D eigenvalue weighted by Gasteiger charge is -2.22. The lowest BCUT2D eigenvalue weighted by atomic mass is 10.2. The van der Waals surface area contributed by atoms with Crippen molar-refractivity contribution in [2.75, 3.05) is 27.2 Å². The van der Waals surface area contributed by atoms with Gasteiger partial charge in [-0.2, -0.15) is 0 Å². The van der Waals surface area contributed by atoms with Gasteiger partial charge in [0, 0.05) is 26.7 Å². The van der Waals surface area contributed by atoms with Gasteiger partial charge in [0.25, 0.3) is 0 Å². The predicted molar refractivity (Wildman–Crippen MR) is 85.3 cm³/mol. The molecule has 4 heteroatoms. The van der Waals surface area contributed by atoms with Crippen molar-refractivity contribution in [1.82, 2.24) is 10.2 Å². The van der Waals surface area contributed by atoms with Crippen LogP contribution in [0.15, 0.2) is 29.3 Å². The Kier molecular flexibility index (Phi) is 6.91. The monoisotopic (exact) mass is 277 g/mol. The molecule has 1 rings (SSSR count). The Labute approximate surface area is 122 Å². The fourth-order valence-electron chi connectivity index (χ4n) is 1.82. The SMILES string of the molecule is CCNC(=NCC(C)C)N(C)Cc1ccc(OC)cc1. The molecular weight excluding hydrogens is 250 g/mol. The van der Waals surface area contributed by atoms with Crippen LogP contribution in [-0.4, -0.2) is 38.1 Å². The molecule has 0 aliphatic carbocycles. The quantitative estimate of drug-likeness (QED) is 0.641. The van der Waals surface area contributed by atoms with Crippen LogP contribution >= 0.6 is 0 Å². The molecule has 0 aliphatic heterocycles. The van der Waals surface area contributed by atoms with Gasteiger partial charge in [-0.1, -0.05) is 26.0 Å². The molecule has 0 atom stereocenters. The van der Waals surface area contributed by atoms with E-state index in [1.54, 1.807) is 7.11 Å². The summed E-state index contributed by atoms with van der Waals surface area (Å²) in [6, 6.07) is 8.14. The number of hydrogen-bond acceptors (Lipinski definition) is 2. The molecular formula is C16H27N3O. The van der Waals surface area contributed by atoms with E-state index in [0.717, 1.165) is 31.3 Å². The van der Waals surface area contributed by atoms with Gasteiger partial charge in [-0.3, -0.25) is 4.99 Å². The van der Waals surface area contributed by atoms with Crippen LogP contribution in [0.25, 0.3) is 0 Å². The Morgan fingerprint density at radius 1 is 1.30 bits per heavy atom. The molecule has 0 aromatic heterocycles. The van der Waals surface area contributed by atoms with Gasteiger partial charge in [-0.25, -0.2) is 0 Å². The van der Waals surface area contributed by atoms with Crippen LogP contribution in [-0.2, 0) is 6.54 Å². The number of nitrogens with one attached hydrogen (secondary N) is 1. The van der Waals surface area contributed by atoms with Crippen LogP contribution in [0.5, 0.6) is 5.75 Å². The molecule has 112 valence electrons. The number of benzene rings is 1. The molecule has 0 bridgehead atoms. The van der Waals surface area contributed by atoms with Crippen molar-refractivity contribution in [3.05, 3.63) is 29.8 Å². The maximum Gasteiger partial charge on any atom is 0.193 e. The number of aliphatic imine (C=N–C) groups is 1. The van der Waals surface area contributed by atoms with Crippen molar-refractivity contribution < 1.29 is 4.74 Å². The summed E-state index contributed by atoms with van der Waals surface area (Å²) >= 11 is 0. The van der Waals surface area contributed by atoms with Gasteiger partial charge in [-0.15, -0.1) is 0 Å². The summed E-state index contributed by atoms with van der Waals surface area (Å²) in [6.07, 6.45) is 0. The molecule has 0 unspecified atom stereocenters. The zero-order valence-electron chi connectivity index (χ0n) is 13.3. The van der Waals surface area contributed by atoms with Crippen molar-refractivity contribution >= 4 is 5.96 Å². The van der Waals surface area contributed by atoms with Crippen LogP contribution < -0.4 is 10.1 Å². The van der Waals surface area contributed by atoms with Crippen LogP contribution in [0.3, 0.4) is 0 Å². The number of guanidine groups is 1. The average Bonchev–Trinajstić information content (AvgIpc) is 2.44. The molecule has 0 aliphatic rings. The first-order valence-corrected chi connectivity index (χ1v) is 7.19. The van der Waals surface area contributed by atoms with Crippen molar-refractivity contribution in [2.45, 2.75) is 27.3 Å². The highest BCUT2D eigenvalue weighted by Crippen LogP contribution is 2.12. The molecule has 0 saturated heterocycles. The minimum Gasteiger partial charge on any atom is -0.497 e. The highest BCUT2D eigenvalue weighted by Gasteiger charge is 2.07. The van der Waals surface area contributed by atoms with E-state index in [2.05, 4.69) is 55.2 Å². The maximum atomic E-state index is 5.18. The van der Waals surface area contributed by atoms with Gasteiger partial charge >= 0.3 is 0 Å². The highest BCUT2D eigenvalue weighted by molar-refractivity contribution is 5.79. The average molecular weight is 277 g/mol. The Bertz CT molecular complexity index is 412. The summed E-state index contributed by atoms with van der Waals surface area (Å²) in [5.74, 6) is 2.41. The molecule has 1 N–H and O–H groups in total. The van der Waals surface area contributed by atoms with Crippen LogP contribution in [0.2, 0.25) is 0 Å². The van der Waals surface area contributed by atoms with Crippen LogP contribution in [0.1, 0.15) is 26.3 Å². The molecule has 0 amide bonds. The van der Waals surface area contributed by atoms with Gasteiger partial charge < -0.3 is 15.0 Å². The first-order valence-electron chi connectivity index (χ1n) is 7.19. The first-order chi connectivity index (χ1) is 9.56. The summed E-state index contributed by atoms with van der Waals surface area (Å²) < 4.78 is 5.18. The van der Waals surface area contributed by atoms with Gasteiger partial charge in [0.05, 0.1) is 7.11 Å². The smallest absolute Gasteiger partial charge is 0.193 e. The second-order valence-corrected chi connectivity index (χ2v) is 5.29. The lowest BCUT2D eigenvalue weighted by Crippen LogP contribution is -2.38. The van der Waals surface area contributed by atoms with E-state index in [1.165, 1.54) is 5.56 Å². The van der Waals surface area contributed by atoms with E-state index in [9.17, 15) is 0 Å². The third-order valence-electron chi connectivity index (χ3n) is 2.88.